The van der Waals surface area contributed by atoms with Crippen molar-refractivity contribution < 1.29 is 17.9 Å². The van der Waals surface area contributed by atoms with Gasteiger partial charge in [0.1, 0.15) is 12.4 Å². The first-order valence-corrected chi connectivity index (χ1v) is 6.55. The van der Waals surface area contributed by atoms with Gasteiger partial charge >= 0.3 is 0 Å². The molecule has 0 aliphatic carbocycles. The van der Waals surface area contributed by atoms with Gasteiger partial charge in [-0.15, -0.1) is 0 Å². The summed E-state index contributed by atoms with van der Waals surface area (Å²) < 4.78 is 37.1. The molecule has 5 heteroatoms. The van der Waals surface area contributed by atoms with Gasteiger partial charge in [-0.05, 0) is 31.2 Å². The lowest BCUT2D eigenvalue weighted by Crippen LogP contribution is -2.14. The summed E-state index contributed by atoms with van der Waals surface area (Å²) in [6.45, 7) is 3.72. The van der Waals surface area contributed by atoms with Crippen LogP contribution in [0.4, 0.5) is 8.78 Å². The molecule has 0 aliphatic heterocycles. The van der Waals surface area contributed by atoms with Crippen molar-refractivity contribution in [3.05, 3.63) is 53.5 Å². The summed E-state index contributed by atoms with van der Waals surface area (Å²) in [5.41, 5.74) is 0.954. The lowest BCUT2D eigenvalue weighted by atomic mass is 10.2. The predicted molar refractivity (Wildman–Crippen MR) is 71.4 cm³/mol. The summed E-state index contributed by atoms with van der Waals surface area (Å²) in [6.07, 6.45) is 2.60. The summed E-state index contributed by atoms with van der Waals surface area (Å²) in [6, 6.07) is 5.68. The predicted octanol–water partition coefficient (Wildman–Crippen LogP) is 3.64. The van der Waals surface area contributed by atoms with E-state index < -0.39 is 11.6 Å². The Morgan fingerprint density at radius 1 is 1.25 bits per heavy atom. The highest BCUT2D eigenvalue weighted by Crippen LogP contribution is 2.21. The third-order valence-electron chi connectivity index (χ3n) is 2.85. The SMILES string of the molecule is CCCNCc1ccoc1COc1cccc(F)c1F. The molecule has 1 heterocycles. The van der Waals surface area contributed by atoms with Crippen molar-refractivity contribution in [1.29, 1.82) is 0 Å². The largest absolute Gasteiger partial charge is 0.482 e. The molecule has 3 nitrogen and oxygen atoms in total. The second-order valence-electron chi connectivity index (χ2n) is 4.39. The summed E-state index contributed by atoms with van der Waals surface area (Å²) >= 11 is 0. The molecule has 0 saturated carbocycles. The number of furan rings is 1. The molecule has 108 valence electrons. The van der Waals surface area contributed by atoms with E-state index in [4.69, 9.17) is 9.15 Å². The molecule has 0 amide bonds. The van der Waals surface area contributed by atoms with Crippen molar-refractivity contribution >= 4 is 0 Å². The van der Waals surface area contributed by atoms with Gasteiger partial charge < -0.3 is 14.5 Å². The maximum absolute atomic E-state index is 13.4. The normalized spacial score (nSPS) is 10.8. The zero-order valence-corrected chi connectivity index (χ0v) is 11.3. The molecule has 0 fully saturated rings. The summed E-state index contributed by atoms with van der Waals surface area (Å²) in [5.74, 6) is -1.41. The van der Waals surface area contributed by atoms with Crippen LogP contribution in [0.2, 0.25) is 0 Å². The van der Waals surface area contributed by atoms with E-state index in [0.717, 1.165) is 24.6 Å². The maximum Gasteiger partial charge on any atom is 0.200 e. The van der Waals surface area contributed by atoms with Crippen molar-refractivity contribution in [1.82, 2.24) is 5.32 Å². The van der Waals surface area contributed by atoms with Gasteiger partial charge in [0.15, 0.2) is 11.6 Å². The van der Waals surface area contributed by atoms with Crippen molar-refractivity contribution in [2.45, 2.75) is 26.5 Å². The van der Waals surface area contributed by atoms with Crippen LogP contribution in [-0.4, -0.2) is 6.54 Å². The van der Waals surface area contributed by atoms with Crippen molar-refractivity contribution in [3.8, 4) is 5.75 Å². The number of halogens is 2. The number of rotatable bonds is 7. The van der Waals surface area contributed by atoms with Gasteiger partial charge in [0.05, 0.1) is 6.26 Å². The average molecular weight is 281 g/mol. The highest BCUT2D eigenvalue weighted by Gasteiger charge is 2.11. The molecule has 0 unspecified atom stereocenters. The topological polar surface area (TPSA) is 34.4 Å². The van der Waals surface area contributed by atoms with Crippen LogP contribution >= 0.6 is 0 Å². The van der Waals surface area contributed by atoms with Crippen LogP contribution in [0.5, 0.6) is 5.75 Å². The van der Waals surface area contributed by atoms with Gasteiger partial charge in [0, 0.05) is 12.1 Å². The minimum atomic E-state index is -0.982. The molecular weight excluding hydrogens is 264 g/mol. The Kier molecular flexibility index (Phi) is 5.12. The van der Waals surface area contributed by atoms with Gasteiger partial charge in [0.25, 0.3) is 0 Å². The zero-order valence-electron chi connectivity index (χ0n) is 11.3. The molecule has 0 atom stereocenters. The van der Waals surface area contributed by atoms with E-state index >= 15 is 0 Å². The first-order chi connectivity index (χ1) is 9.72. The number of hydrogen-bond acceptors (Lipinski definition) is 3. The smallest absolute Gasteiger partial charge is 0.200 e. The molecule has 1 aromatic carbocycles. The van der Waals surface area contributed by atoms with E-state index in [1.807, 2.05) is 6.07 Å². The van der Waals surface area contributed by atoms with Crippen LogP contribution in [0.25, 0.3) is 0 Å². The third-order valence-corrected chi connectivity index (χ3v) is 2.85. The van der Waals surface area contributed by atoms with E-state index in [1.54, 1.807) is 6.26 Å². The van der Waals surface area contributed by atoms with E-state index in [1.165, 1.54) is 12.1 Å². The number of benzene rings is 1. The first-order valence-electron chi connectivity index (χ1n) is 6.55. The van der Waals surface area contributed by atoms with Gasteiger partial charge in [0.2, 0.25) is 5.82 Å². The Labute approximate surface area is 116 Å². The van der Waals surface area contributed by atoms with E-state index in [2.05, 4.69) is 12.2 Å². The molecule has 0 spiro atoms. The number of nitrogens with one attached hydrogen (secondary N) is 1. The molecular formula is C15H17F2NO2. The molecule has 1 N–H and O–H groups in total. The lowest BCUT2D eigenvalue weighted by molar-refractivity contribution is 0.253. The van der Waals surface area contributed by atoms with Crippen LogP contribution in [0.1, 0.15) is 24.7 Å². The van der Waals surface area contributed by atoms with Crippen LogP contribution in [0.3, 0.4) is 0 Å². The Hall–Kier alpha value is -1.88. The maximum atomic E-state index is 13.4. The highest BCUT2D eigenvalue weighted by atomic mass is 19.2. The second-order valence-corrected chi connectivity index (χ2v) is 4.39. The second kappa shape index (κ2) is 7.05. The lowest BCUT2D eigenvalue weighted by Gasteiger charge is -2.08. The molecule has 0 radical (unpaired) electrons. The molecule has 0 bridgehead atoms. The van der Waals surface area contributed by atoms with Gasteiger partial charge in [-0.3, -0.25) is 0 Å². The van der Waals surface area contributed by atoms with Crippen LogP contribution in [0.15, 0.2) is 34.9 Å². The van der Waals surface area contributed by atoms with Crippen molar-refractivity contribution in [2.75, 3.05) is 6.54 Å². The fraction of sp³-hybridized carbons (Fsp3) is 0.333. The number of ether oxygens (including phenoxy) is 1. The van der Waals surface area contributed by atoms with Gasteiger partial charge in [-0.25, -0.2) is 4.39 Å². The Balaban J connectivity index is 1.97. The fourth-order valence-corrected chi connectivity index (χ4v) is 1.79. The fourth-order valence-electron chi connectivity index (χ4n) is 1.79. The van der Waals surface area contributed by atoms with E-state index in [9.17, 15) is 8.78 Å². The van der Waals surface area contributed by atoms with Crippen LogP contribution in [-0.2, 0) is 13.2 Å². The van der Waals surface area contributed by atoms with Crippen molar-refractivity contribution in [2.24, 2.45) is 0 Å². The quantitative estimate of drug-likeness (QED) is 0.787. The third kappa shape index (κ3) is 3.57. The summed E-state index contributed by atoms with van der Waals surface area (Å²) in [5, 5.41) is 3.25. The summed E-state index contributed by atoms with van der Waals surface area (Å²) in [4.78, 5) is 0. The average Bonchev–Trinajstić information content (AvgIpc) is 2.88. The Bertz CT molecular complexity index is 555. The van der Waals surface area contributed by atoms with Crippen LogP contribution < -0.4 is 10.1 Å². The van der Waals surface area contributed by atoms with E-state index in [-0.39, 0.29) is 12.4 Å². The minimum Gasteiger partial charge on any atom is -0.482 e. The van der Waals surface area contributed by atoms with Crippen molar-refractivity contribution in [3.63, 3.8) is 0 Å². The number of hydrogen-bond donors (Lipinski definition) is 1. The van der Waals surface area contributed by atoms with Crippen LogP contribution in [0, 0.1) is 11.6 Å². The molecule has 1 aromatic heterocycles. The molecule has 0 aliphatic rings. The molecule has 20 heavy (non-hydrogen) atoms. The Morgan fingerprint density at radius 3 is 2.90 bits per heavy atom. The highest BCUT2D eigenvalue weighted by molar-refractivity contribution is 5.25. The monoisotopic (exact) mass is 281 g/mol. The van der Waals surface area contributed by atoms with E-state index in [0.29, 0.717) is 12.3 Å². The molecule has 2 rings (SSSR count). The first kappa shape index (κ1) is 14.5. The molecule has 2 aromatic rings. The van der Waals surface area contributed by atoms with Gasteiger partial charge in [-0.1, -0.05) is 13.0 Å². The summed E-state index contributed by atoms with van der Waals surface area (Å²) in [7, 11) is 0. The standard InChI is InChI=1S/C15H17F2NO2/c1-2-7-18-9-11-6-8-19-14(11)10-20-13-5-3-4-12(16)15(13)17/h3-6,8,18H,2,7,9-10H2,1H3. The zero-order chi connectivity index (χ0) is 14.4. The van der Waals surface area contributed by atoms with Gasteiger partial charge in [-0.2, -0.15) is 4.39 Å². The molecule has 0 saturated heterocycles. The Morgan fingerprint density at radius 2 is 2.10 bits per heavy atom. The minimum absolute atomic E-state index is 0.0660.